The molecule has 3 aromatic rings. The highest BCUT2D eigenvalue weighted by molar-refractivity contribution is 8.00. The van der Waals surface area contributed by atoms with Gasteiger partial charge in [-0.1, -0.05) is 53.7 Å². The second kappa shape index (κ2) is 8.47. The normalized spacial score (nSPS) is 14.4. The summed E-state index contributed by atoms with van der Waals surface area (Å²) in [5.41, 5.74) is 1.50. The Morgan fingerprint density at radius 2 is 2.00 bits per heavy atom. The van der Waals surface area contributed by atoms with Crippen LogP contribution in [-0.4, -0.2) is 27.8 Å². The Kier molecular flexibility index (Phi) is 5.78. The molecule has 150 valence electrons. The number of benzene rings is 2. The Bertz CT molecular complexity index is 1020. The van der Waals surface area contributed by atoms with Gasteiger partial charge in [0.2, 0.25) is 5.91 Å². The number of methoxy groups -OCH3 is 1. The molecule has 0 saturated heterocycles. The minimum absolute atomic E-state index is 0.154. The molecule has 6 nitrogen and oxygen atoms in total. The van der Waals surface area contributed by atoms with E-state index in [9.17, 15) is 4.79 Å². The molecule has 0 aliphatic heterocycles. The summed E-state index contributed by atoms with van der Waals surface area (Å²) in [5, 5.41) is 12.3. The third-order valence-electron chi connectivity index (χ3n) is 4.79. The molecule has 0 bridgehead atoms. The van der Waals surface area contributed by atoms with Gasteiger partial charge in [0, 0.05) is 18.7 Å². The van der Waals surface area contributed by atoms with E-state index >= 15 is 0 Å². The van der Waals surface area contributed by atoms with Crippen molar-refractivity contribution in [2.75, 3.05) is 12.4 Å². The number of aromatic nitrogens is 3. The van der Waals surface area contributed by atoms with Crippen molar-refractivity contribution in [2.24, 2.45) is 7.05 Å². The first-order valence-corrected chi connectivity index (χ1v) is 10.6. The summed E-state index contributed by atoms with van der Waals surface area (Å²) in [5.74, 6) is 1.89. The molecule has 1 aliphatic carbocycles. The fourth-order valence-corrected chi connectivity index (χ4v) is 4.35. The number of hydrogen-bond acceptors (Lipinski definition) is 5. The number of anilines is 1. The smallest absolute Gasteiger partial charge is 0.242 e. The van der Waals surface area contributed by atoms with Crippen LogP contribution in [0.2, 0.25) is 5.02 Å². The van der Waals surface area contributed by atoms with E-state index in [-0.39, 0.29) is 5.91 Å². The van der Waals surface area contributed by atoms with E-state index in [1.165, 1.54) is 11.8 Å². The van der Waals surface area contributed by atoms with Crippen LogP contribution >= 0.6 is 23.4 Å². The fraction of sp³-hybridized carbons (Fsp3) is 0.286. The summed E-state index contributed by atoms with van der Waals surface area (Å²) in [6.45, 7) is 0. The third kappa shape index (κ3) is 4.41. The summed E-state index contributed by atoms with van der Waals surface area (Å²) in [6.07, 6.45) is 2.30. The first-order chi connectivity index (χ1) is 14.1. The molecule has 1 aromatic heterocycles. The average molecular weight is 429 g/mol. The highest BCUT2D eigenvalue weighted by Gasteiger charge is 2.31. The van der Waals surface area contributed by atoms with Crippen LogP contribution in [-0.2, 0) is 11.8 Å². The number of carbonyl (C=O) groups excluding carboxylic acids is 1. The highest BCUT2D eigenvalue weighted by Crippen LogP contribution is 2.41. The van der Waals surface area contributed by atoms with E-state index in [1.807, 2.05) is 41.9 Å². The number of amides is 1. The van der Waals surface area contributed by atoms with Crippen molar-refractivity contribution in [1.29, 1.82) is 0 Å². The van der Waals surface area contributed by atoms with Gasteiger partial charge in [-0.2, -0.15) is 0 Å². The topological polar surface area (TPSA) is 69.0 Å². The number of nitrogens with one attached hydrogen (secondary N) is 1. The second-order valence-electron chi connectivity index (χ2n) is 6.92. The Morgan fingerprint density at radius 3 is 2.66 bits per heavy atom. The molecule has 1 N–H and O–H groups in total. The number of nitrogens with zero attached hydrogens (tertiary/aromatic N) is 3. The van der Waals surface area contributed by atoms with Crippen LogP contribution in [0.15, 0.2) is 53.7 Å². The molecule has 0 radical (unpaired) electrons. The SMILES string of the molecule is COc1ccc(NC(=O)[C@@H](Sc2nnc(C3CC3)n2C)c2ccccc2)cc1Cl. The van der Waals surface area contributed by atoms with Crippen molar-refractivity contribution < 1.29 is 9.53 Å². The lowest BCUT2D eigenvalue weighted by atomic mass is 10.1. The Hall–Kier alpha value is -2.51. The Labute approximate surface area is 178 Å². The van der Waals surface area contributed by atoms with Gasteiger partial charge in [0.15, 0.2) is 5.16 Å². The standard InChI is InChI=1S/C21H21ClN4O2S/c1-26-19(14-8-9-14)24-25-21(26)29-18(13-6-4-3-5-7-13)20(27)23-15-10-11-17(28-2)16(22)12-15/h3-7,10-12,14,18H,8-9H2,1-2H3,(H,23,27)/t18-/m0/s1. The maximum Gasteiger partial charge on any atom is 0.242 e. The molecule has 1 heterocycles. The first-order valence-electron chi connectivity index (χ1n) is 9.32. The van der Waals surface area contributed by atoms with Crippen molar-refractivity contribution in [1.82, 2.24) is 14.8 Å². The van der Waals surface area contributed by atoms with Crippen LogP contribution in [0.3, 0.4) is 0 Å². The van der Waals surface area contributed by atoms with Gasteiger partial charge in [-0.15, -0.1) is 10.2 Å². The molecule has 0 spiro atoms. The largest absolute Gasteiger partial charge is 0.495 e. The summed E-state index contributed by atoms with van der Waals surface area (Å²) in [4.78, 5) is 13.2. The minimum atomic E-state index is -0.480. The number of carbonyl (C=O) groups is 1. The molecule has 29 heavy (non-hydrogen) atoms. The number of rotatable bonds is 7. The third-order valence-corrected chi connectivity index (χ3v) is 6.38. The Morgan fingerprint density at radius 1 is 1.24 bits per heavy atom. The van der Waals surface area contributed by atoms with Crippen LogP contribution in [0.4, 0.5) is 5.69 Å². The van der Waals surface area contributed by atoms with Crippen LogP contribution in [0.25, 0.3) is 0 Å². The highest BCUT2D eigenvalue weighted by atomic mass is 35.5. The molecule has 4 rings (SSSR count). The zero-order chi connectivity index (χ0) is 20.4. The van der Waals surface area contributed by atoms with Crippen molar-refractivity contribution in [3.8, 4) is 5.75 Å². The van der Waals surface area contributed by atoms with Crippen molar-refractivity contribution in [3.63, 3.8) is 0 Å². The summed E-state index contributed by atoms with van der Waals surface area (Å²) < 4.78 is 7.17. The Balaban J connectivity index is 1.58. The van der Waals surface area contributed by atoms with Gasteiger partial charge in [0.05, 0.1) is 12.1 Å². The predicted molar refractivity (Wildman–Crippen MR) is 115 cm³/mol. The molecule has 1 aliphatic rings. The van der Waals surface area contributed by atoms with E-state index in [1.54, 1.807) is 25.3 Å². The maximum absolute atomic E-state index is 13.2. The van der Waals surface area contributed by atoms with Gasteiger partial charge in [-0.3, -0.25) is 4.79 Å². The van der Waals surface area contributed by atoms with Crippen molar-refractivity contribution in [3.05, 3.63) is 64.9 Å². The molecule has 1 atom stereocenters. The van der Waals surface area contributed by atoms with E-state index in [4.69, 9.17) is 16.3 Å². The average Bonchev–Trinajstić information content (AvgIpc) is 3.50. The molecular weight excluding hydrogens is 408 g/mol. The monoisotopic (exact) mass is 428 g/mol. The lowest BCUT2D eigenvalue weighted by Gasteiger charge is -2.17. The van der Waals surface area contributed by atoms with E-state index in [0.29, 0.717) is 22.4 Å². The molecule has 1 fully saturated rings. The quantitative estimate of drug-likeness (QED) is 0.546. The lowest BCUT2D eigenvalue weighted by molar-refractivity contribution is -0.115. The lowest BCUT2D eigenvalue weighted by Crippen LogP contribution is -2.19. The van der Waals surface area contributed by atoms with Crippen LogP contribution in [0, 0.1) is 0 Å². The van der Waals surface area contributed by atoms with Gasteiger partial charge in [-0.05, 0) is 36.6 Å². The van der Waals surface area contributed by atoms with Gasteiger partial charge in [0.1, 0.15) is 16.8 Å². The first kappa shape index (κ1) is 19.8. The zero-order valence-corrected chi connectivity index (χ0v) is 17.7. The summed E-state index contributed by atoms with van der Waals surface area (Å²) in [7, 11) is 3.51. The van der Waals surface area contributed by atoms with Crippen LogP contribution < -0.4 is 10.1 Å². The molecule has 1 amide bonds. The van der Waals surface area contributed by atoms with Crippen LogP contribution in [0.5, 0.6) is 5.75 Å². The number of ether oxygens (including phenoxy) is 1. The number of halogens is 1. The summed E-state index contributed by atoms with van der Waals surface area (Å²) in [6, 6.07) is 14.8. The maximum atomic E-state index is 13.2. The minimum Gasteiger partial charge on any atom is -0.495 e. The molecule has 2 aromatic carbocycles. The van der Waals surface area contributed by atoms with Crippen molar-refractivity contribution >= 4 is 35.0 Å². The predicted octanol–water partition coefficient (Wildman–Crippen LogP) is 4.83. The molecule has 8 heteroatoms. The molecular formula is C21H21ClN4O2S. The second-order valence-corrected chi connectivity index (χ2v) is 8.40. The van der Waals surface area contributed by atoms with Crippen LogP contribution in [0.1, 0.15) is 35.4 Å². The van der Waals surface area contributed by atoms with E-state index in [0.717, 1.165) is 29.4 Å². The number of hydrogen-bond donors (Lipinski definition) is 1. The van der Waals surface area contributed by atoms with Gasteiger partial charge >= 0.3 is 0 Å². The van der Waals surface area contributed by atoms with E-state index < -0.39 is 5.25 Å². The van der Waals surface area contributed by atoms with E-state index in [2.05, 4.69) is 15.5 Å². The molecule has 1 saturated carbocycles. The van der Waals surface area contributed by atoms with Gasteiger partial charge in [0.25, 0.3) is 0 Å². The van der Waals surface area contributed by atoms with Gasteiger partial charge in [-0.25, -0.2) is 0 Å². The zero-order valence-electron chi connectivity index (χ0n) is 16.1. The fourth-order valence-electron chi connectivity index (χ4n) is 3.08. The number of thioether (sulfide) groups is 1. The summed E-state index contributed by atoms with van der Waals surface area (Å²) >= 11 is 7.59. The van der Waals surface area contributed by atoms with Gasteiger partial charge < -0.3 is 14.6 Å². The van der Waals surface area contributed by atoms with Crippen molar-refractivity contribution in [2.45, 2.75) is 29.2 Å². The molecule has 0 unspecified atom stereocenters.